The van der Waals surface area contributed by atoms with Gasteiger partial charge in [-0.2, -0.15) is 4.98 Å². The Morgan fingerprint density at radius 3 is 2.67 bits per heavy atom. The Morgan fingerprint density at radius 1 is 1.10 bits per heavy atom. The fraction of sp³-hybridized carbons (Fsp3) is 0.448. The number of para-hydroxylation sites is 1. The summed E-state index contributed by atoms with van der Waals surface area (Å²) in [6, 6.07) is 12.7. The van der Waals surface area contributed by atoms with Crippen LogP contribution in [0.2, 0.25) is 5.02 Å². The van der Waals surface area contributed by atoms with Gasteiger partial charge in [-0.05, 0) is 50.6 Å². The number of anilines is 5. The average Bonchev–Trinajstić information content (AvgIpc) is 2.89. The van der Waals surface area contributed by atoms with Crippen molar-refractivity contribution >= 4 is 52.9 Å². The van der Waals surface area contributed by atoms with Crippen LogP contribution in [0.4, 0.5) is 28.8 Å². The van der Waals surface area contributed by atoms with Crippen molar-refractivity contribution in [2.75, 3.05) is 74.7 Å². The van der Waals surface area contributed by atoms with Crippen molar-refractivity contribution in [1.82, 2.24) is 19.8 Å². The minimum atomic E-state index is -2.50. The highest BCUT2D eigenvalue weighted by atomic mass is 35.5. The first-order valence-electron chi connectivity index (χ1n) is 13.9. The number of likely N-dealkylation sites (N-methyl/N-ethyl adjacent to an activating group) is 1. The fourth-order valence-corrected chi connectivity index (χ4v) is 7.28. The summed E-state index contributed by atoms with van der Waals surface area (Å²) < 4.78 is 19.1. The molecule has 3 aliphatic heterocycles. The van der Waals surface area contributed by atoms with Crippen LogP contribution in [0, 0.1) is 6.92 Å². The lowest BCUT2D eigenvalue weighted by atomic mass is 10.0. The lowest BCUT2D eigenvalue weighted by Crippen LogP contribution is -2.66. The molecule has 2 aromatic carbocycles. The van der Waals surface area contributed by atoms with E-state index in [1.807, 2.05) is 30.3 Å². The zero-order valence-corrected chi connectivity index (χ0v) is 25.2. The lowest BCUT2D eigenvalue weighted by molar-refractivity contribution is 0.0206. The molecule has 212 valence electrons. The second-order valence-electron chi connectivity index (χ2n) is 11.3. The number of nitrogens with one attached hydrogen (secondary N) is 2. The number of piperazine rings is 1. The molecule has 0 radical (unpaired) electrons. The van der Waals surface area contributed by atoms with E-state index in [1.54, 1.807) is 19.5 Å². The number of nitrogens with zero attached hydrogens (tertiary/aromatic N) is 5. The predicted octanol–water partition coefficient (Wildman–Crippen LogP) is 4.76. The molecule has 2 N–H and O–H groups in total. The number of aryl methyl sites for hydroxylation is 1. The zero-order valence-electron chi connectivity index (χ0n) is 23.5. The topological polar surface area (TPSA) is 85.9 Å². The molecule has 2 fully saturated rings. The summed E-state index contributed by atoms with van der Waals surface area (Å²) in [6.45, 7) is 15.2. The van der Waals surface area contributed by atoms with Crippen molar-refractivity contribution in [3.05, 3.63) is 53.2 Å². The van der Waals surface area contributed by atoms with Crippen LogP contribution in [-0.4, -0.2) is 91.1 Å². The number of likely N-dealkylation sites (tertiary alicyclic amines) is 1. The molecule has 1 aromatic heterocycles. The van der Waals surface area contributed by atoms with Gasteiger partial charge >= 0.3 is 0 Å². The van der Waals surface area contributed by atoms with Crippen molar-refractivity contribution in [2.24, 2.45) is 0 Å². The smallest absolute Gasteiger partial charge is 0.229 e. The van der Waals surface area contributed by atoms with Gasteiger partial charge in [-0.15, -0.1) is 0 Å². The van der Waals surface area contributed by atoms with Crippen molar-refractivity contribution in [2.45, 2.75) is 25.9 Å². The van der Waals surface area contributed by atoms with Gasteiger partial charge in [0.15, 0.2) is 5.82 Å². The first-order chi connectivity index (χ1) is 19.2. The normalized spacial score (nSPS) is 19.8. The highest BCUT2D eigenvalue weighted by Gasteiger charge is 2.39. The molecule has 11 heteroatoms. The summed E-state index contributed by atoms with van der Waals surface area (Å²) in [5.41, 5.74) is 3.91. The molecular weight excluding hydrogens is 545 g/mol. The molecule has 4 heterocycles. The maximum absolute atomic E-state index is 12.8. The number of aromatic nitrogens is 2. The molecule has 0 amide bonds. The Morgan fingerprint density at radius 2 is 1.90 bits per heavy atom. The van der Waals surface area contributed by atoms with E-state index >= 15 is 0 Å². The molecule has 40 heavy (non-hydrogen) atoms. The van der Waals surface area contributed by atoms with E-state index in [4.69, 9.17) is 16.3 Å². The van der Waals surface area contributed by atoms with Crippen molar-refractivity contribution < 1.29 is 9.30 Å². The number of halogens is 1. The van der Waals surface area contributed by atoms with Crippen LogP contribution in [0.5, 0.6) is 5.75 Å². The monoisotopic (exact) mass is 581 g/mol. The molecule has 3 aliphatic rings. The van der Waals surface area contributed by atoms with Gasteiger partial charge in [-0.1, -0.05) is 30.7 Å². The molecule has 0 aliphatic carbocycles. The Balaban J connectivity index is 1.18. The molecule has 2 saturated heterocycles. The van der Waals surface area contributed by atoms with E-state index < -0.39 is 7.14 Å². The minimum Gasteiger partial charge on any atom is -0.489 e. The van der Waals surface area contributed by atoms with Gasteiger partial charge in [0.05, 0.1) is 23.6 Å². The number of fused-ring (bicyclic) bond motifs is 3. The number of rotatable bonds is 7. The molecule has 6 rings (SSSR count). The Bertz CT molecular complexity index is 1460. The van der Waals surface area contributed by atoms with Gasteiger partial charge in [-0.3, -0.25) is 4.90 Å². The SMILES string of the molecule is CCN1CC(N2CCN3c4c(C)cc(Nc5ncc(Cl)c(Nc6ccccc6P(C)(C)=O)n5)cc4OC[C@H]3C2)C1. The first kappa shape index (κ1) is 27.3. The van der Waals surface area contributed by atoms with Gasteiger partial charge in [-0.25, -0.2) is 4.98 Å². The minimum absolute atomic E-state index is 0.368. The third-order valence-electron chi connectivity index (χ3n) is 8.14. The maximum Gasteiger partial charge on any atom is 0.229 e. The van der Waals surface area contributed by atoms with Crippen LogP contribution >= 0.6 is 18.7 Å². The third-order valence-corrected chi connectivity index (χ3v) is 9.96. The van der Waals surface area contributed by atoms with E-state index in [-0.39, 0.29) is 0 Å². The van der Waals surface area contributed by atoms with Gasteiger partial charge in [0.2, 0.25) is 5.95 Å². The van der Waals surface area contributed by atoms with E-state index in [9.17, 15) is 4.57 Å². The molecule has 0 spiro atoms. The van der Waals surface area contributed by atoms with E-state index in [1.165, 1.54) is 18.8 Å². The van der Waals surface area contributed by atoms with E-state index in [0.717, 1.165) is 54.2 Å². The summed E-state index contributed by atoms with van der Waals surface area (Å²) in [6.07, 6.45) is 1.56. The Kier molecular flexibility index (Phi) is 7.42. The Labute approximate surface area is 241 Å². The molecule has 0 saturated carbocycles. The summed E-state index contributed by atoms with van der Waals surface area (Å²) in [5, 5.41) is 7.71. The standard InChI is InChI=1S/C29H37ClN7O2P/c1-5-35-15-21(16-35)36-10-11-37-22(17-36)18-39-25-13-20(12-19(2)27(25)37)32-29-31-14-23(30)28(34-29)33-24-8-6-7-9-26(24)40(3,4)38/h6-9,12-14,21-22H,5,10-11,15-18H2,1-4H3,(H2,31,32,33,34)/t22-/m1/s1. The van der Waals surface area contributed by atoms with Gasteiger partial charge in [0.1, 0.15) is 24.5 Å². The lowest BCUT2D eigenvalue weighted by Gasteiger charge is -2.52. The zero-order chi connectivity index (χ0) is 28.0. The second kappa shape index (κ2) is 10.9. The third kappa shape index (κ3) is 5.40. The molecular formula is C29H37ClN7O2P. The molecule has 0 unspecified atom stereocenters. The maximum atomic E-state index is 12.8. The largest absolute Gasteiger partial charge is 0.489 e. The van der Waals surface area contributed by atoms with Crippen LogP contribution in [0.1, 0.15) is 12.5 Å². The van der Waals surface area contributed by atoms with Crippen LogP contribution in [0.25, 0.3) is 0 Å². The second-order valence-corrected chi connectivity index (χ2v) is 14.9. The van der Waals surface area contributed by atoms with Crippen molar-refractivity contribution in [3.8, 4) is 5.75 Å². The number of hydrogen-bond acceptors (Lipinski definition) is 9. The summed E-state index contributed by atoms with van der Waals surface area (Å²) in [7, 11) is -2.50. The van der Waals surface area contributed by atoms with E-state index in [0.29, 0.717) is 35.5 Å². The number of benzene rings is 2. The van der Waals surface area contributed by atoms with Crippen LogP contribution in [-0.2, 0) is 4.57 Å². The van der Waals surface area contributed by atoms with Gasteiger partial charge < -0.3 is 29.7 Å². The quantitative estimate of drug-likeness (QED) is 0.384. The van der Waals surface area contributed by atoms with E-state index in [2.05, 4.69) is 55.2 Å². The highest BCUT2D eigenvalue weighted by molar-refractivity contribution is 7.70. The average molecular weight is 582 g/mol. The molecule has 9 nitrogen and oxygen atoms in total. The van der Waals surface area contributed by atoms with Crippen LogP contribution in [0.15, 0.2) is 42.6 Å². The van der Waals surface area contributed by atoms with Crippen LogP contribution < -0.4 is 25.6 Å². The molecule has 1 atom stereocenters. The number of hydrogen-bond donors (Lipinski definition) is 2. The van der Waals surface area contributed by atoms with Crippen molar-refractivity contribution in [3.63, 3.8) is 0 Å². The summed E-state index contributed by atoms with van der Waals surface area (Å²) in [4.78, 5) is 16.7. The number of ether oxygens (including phenoxy) is 1. The molecule has 3 aromatic rings. The fourth-order valence-electron chi connectivity index (χ4n) is 5.98. The molecule has 0 bridgehead atoms. The first-order valence-corrected chi connectivity index (χ1v) is 16.9. The van der Waals surface area contributed by atoms with Gasteiger partial charge in [0.25, 0.3) is 0 Å². The summed E-state index contributed by atoms with van der Waals surface area (Å²) in [5.74, 6) is 1.74. The van der Waals surface area contributed by atoms with Crippen molar-refractivity contribution in [1.29, 1.82) is 0 Å². The summed E-state index contributed by atoms with van der Waals surface area (Å²) >= 11 is 6.44. The highest BCUT2D eigenvalue weighted by Crippen LogP contribution is 2.42. The Hall–Kier alpha value is -2.84. The predicted molar refractivity (Wildman–Crippen MR) is 164 cm³/mol. The van der Waals surface area contributed by atoms with Gasteiger partial charge in [0, 0.05) is 55.8 Å². The van der Waals surface area contributed by atoms with Crippen LogP contribution in [0.3, 0.4) is 0 Å².